The third-order valence-electron chi connectivity index (χ3n) is 2.60. The molecule has 0 spiro atoms. The second kappa shape index (κ2) is 6.20. The molecule has 2 nitrogen and oxygen atoms in total. The minimum absolute atomic E-state index is 0.559. The minimum atomic E-state index is -1.22. The van der Waals surface area contributed by atoms with Crippen LogP contribution in [0, 0.1) is 0 Å². The molecule has 0 heterocycles. The van der Waals surface area contributed by atoms with E-state index in [0.29, 0.717) is 15.4 Å². The van der Waals surface area contributed by atoms with Crippen molar-refractivity contribution in [3.05, 3.63) is 0 Å². The van der Waals surface area contributed by atoms with E-state index >= 15 is 0 Å². The standard InChI is InChI=1S/C12H36N2SeSi4/c1-16(2,3)13(17(4,5)6)15-14(18(7,8)9)19(10,11)12/h1-12H3. The van der Waals surface area contributed by atoms with Crippen molar-refractivity contribution in [1.29, 1.82) is 0 Å². The quantitative estimate of drug-likeness (QED) is 0.608. The van der Waals surface area contributed by atoms with E-state index in [4.69, 9.17) is 0 Å². The van der Waals surface area contributed by atoms with E-state index in [1.807, 2.05) is 0 Å². The number of hydrogen-bond acceptors (Lipinski definition) is 2. The molecule has 0 bridgehead atoms. The van der Waals surface area contributed by atoms with Gasteiger partial charge in [-0.15, -0.1) is 0 Å². The molecule has 0 aromatic rings. The topological polar surface area (TPSA) is 6.48 Å². The van der Waals surface area contributed by atoms with E-state index in [1.165, 1.54) is 0 Å². The van der Waals surface area contributed by atoms with E-state index in [1.54, 1.807) is 0 Å². The molecule has 0 aromatic heterocycles. The number of hydrogen-bond donors (Lipinski definition) is 0. The molecule has 0 N–H and O–H groups in total. The van der Waals surface area contributed by atoms with E-state index in [-0.39, 0.29) is 0 Å². The summed E-state index contributed by atoms with van der Waals surface area (Å²) >= 11 is 0.559. The van der Waals surface area contributed by atoms with Gasteiger partial charge in [0.05, 0.1) is 0 Å². The first kappa shape index (κ1) is 20.3. The number of nitrogens with zero attached hydrogens (tertiary/aromatic N) is 2. The summed E-state index contributed by atoms with van der Waals surface area (Å²) in [4.78, 5) is 0. The van der Waals surface area contributed by atoms with Crippen LogP contribution in [-0.4, -0.2) is 54.8 Å². The molecule has 0 aliphatic carbocycles. The second-order valence-electron chi connectivity index (χ2n) is 9.35. The first-order valence-corrected chi connectivity index (χ1v) is 22.6. The van der Waals surface area contributed by atoms with Gasteiger partial charge in [-0.25, -0.2) is 0 Å². The zero-order valence-electron chi connectivity index (χ0n) is 15.3. The first-order chi connectivity index (χ1) is 7.97. The predicted molar refractivity (Wildman–Crippen MR) is 103 cm³/mol. The van der Waals surface area contributed by atoms with Crippen LogP contribution < -0.4 is 0 Å². The van der Waals surface area contributed by atoms with Crippen LogP contribution in [-0.2, 0) is 0 Å². The van der Waals surface area contributed by atoms with Gasteiger partial charge in [0.15, 0.2) is 0 Å². The van der Waals surface area contributed by atoms with Crippen molar-refractivity contribution in [2.24, 2.45) is 0 Å². The molecule has 0 fully saturated rings. The molecule has 0 aromatic carbocycles. The van der Waals surface area contributed by atoms with Crippen molar-refractivity contribution in [3.8, 4) is 0 Å². The molecule has 116 valence electrons. The van der Waals surface area contributed by atoms with E-state index in [2.05, 4.69) is 85.1 Å². The normalized spacial score (nSPS) is 15.5. The maximum absolute atomic E-state index is 3.00. The molecule has 0 saturated heterocycles. The summed E-state index contributed by atoms with van der Waals surface area (Å²) in [6.07, 6.45) is 0. The molecule has 19 heavy (non-hydrogen) atoms. The Kier molecular flexibility index (Phi) is 6.63. The van der Waals surface area contributed by atoms with Crippen LogP contribution in [0.15, 0.2) is 0 Å². The van der Waals surface area contributed by atoms with Crippen LogP contribution in [0.3, 0.4) is 0 Å². The number of rotatable bonds is 6. The molecule has 0 saturated carbocycles. The van der Waals surface area contributed by atoms with Gasteiger partial charge >= 0.3 is 133 Å². The summed E-state index contributed by atoms with van der Waals surface area (Å²) in [6.45, 7) is 30.3. The average molecular weight is 400 g/mol. The summed E-state index contributed by atoms with van der Waals surface area (Å²) in [6, 6.07) is 0. The third kappa shape index (κ3) is 6.73. The maximum atomic E-state index is 3.00. The Morgan fingerprint density at radius 1 is 0.421 bits per heavy atom. The van der Waals surface area contributed by atoms with Gasteiger partial charge in [0.2, 0.25) is 0 Å². The Morgan fingerprint density at radius 3 is 0.684 bits per heavy atom. The molecule has 7 heteroatoms. The van der Waals surface area contributed by atoms with Gasteiger partial charge < -0.3 is 0 Å². The molecular formula is C12H36N2SeSi4. The van der Waals surface area contributed by atoms with Gasteiger partial charge in [-0.1, -0.05) is 0 Å². The second-order valence-corrected chi connectivity index (χ2v) is 34.2. The molecule has 0 amide bonds. The molecule has 0 aliphatic heterocycles. The van der Waals surface area contributed by atoms with Crippen molar-refractivity contribution in [3.63, 3.8) is 0 Å². The van der Waals surface area contributed by atoms with Crippen molar-refractivity contribution >= 4 is 48.3 Å². The van der Waals surface area contributed by atoms with Crippen molar-refractivity contribution < 1.29 is 0 Å². The zero-order chi connectivity index (χ0) is 15.9. The fourth-order valence-electron chi connectivity index (χ4n) is 2.58. The molecule has 0 atom stereocenters. The monoisotopic (exact) mass is 400 g/mol. The van der Waals surface area contributed by atoms with Crippen LogP contribution in [0.1, 0.15) is 0 Å². The van der Waals surface area contributed by atoms with Gasteiger partial charge in [-0.05, 0) is 0 Å². The van der Waals surface area contributed by atoms with E-state index < -0.39 is 32.9 Å². The molecular weight excluding hydrogens is 363 g/mol. The van der Waals surface area contributed by atoms with Gasteiger partial charge in [0.1, 0.15) is 0 Å². The van der Waals surface area contributed by atoms with Crippen molar-refractivity contribution in [2.45, 2.75) is 78.6 Å². The van der Waals surface area contributed by atoms with E-state index in [9.17, 15) is 0 Å². The van der Waals surface area contributed by atoms with Crippen LogP contribution in [0.2, 0.25) is 78.6 Å². The zero-order valence-corrected chi connectivity index (χ0v) is 21.0. The molecule has 0 aliphatic rings. The summed E-state index contributed by atoms with van der Waals surface area (Å²) in [5.41, 5.74) is 0. The Labute approximate surface area is 133 Å². The fraction of sp³-hybridized carbons (Fsp3) is 1.00. The fourth-order valence-corrected chi connectivity index (χ4v) is 29.6. The van der Waals surface area contributed by atoms with Crippen LogP contribution in [0.4, 0.5) is 0 Å². The third-order valence-corrected chi connectivity index (χ3v) is 31.7. The van der Waals surface area contributed by atoms with Crippen molar-refractivity contribution in [2.75, 3.05) is 0 Å². The average Bonchev–Trinajstić information content (AvgIpc) is 1.91. The molecule has 0 radical (unpaired) electrons. The summed E-state index contributed by atoms with van der Waals surface area (Å²) in [5.74, 6) is 0. The Morgan fingerprint density at radius 2 is 0.579 bits per heavy atom. The predicted octanol–water partition coefficient (Wildman–Crippen LogP) is 4.46. The van der Waals surface area contributed by atoms with E-state index in [0.717, 1.165) is 0 Å². The van der Waals surface area contributed by atoms with Crippen molar-refractivity contribution in [1.82, 2.24) is 6.49 Å². The van der Waals surface area contributed by atoms with Crippen LogP contribution in [0.5, 0.6) is 0 Å². The molecule has 0 rings (SSSR count). The first-order valence-electron chi connectivity index (χ1n) is 7.26. The van der Waals surface area contributed by atoms with Crippen LogP contribution in [0.25, 0.3) is 0 Å². The summed E-state index contributed by atoms with van der Waals surface area (Å²) in [5, 5.41) is 0. The van der Waals surface area contributed by atoms with Gasteiger partial charge in [0.25, 0.3) is 0 Å². The Balaban J connectivity index is 5.43. The summed E-state index contributed by atoms with van der Waals surface area (Å²) in [7, 11) is -4.87. The Bertz CT molecular complexity index is 239. The van der Waals surface area contributed by atoms with Gasteiger partial charge in [0, 0.05) is 0 Å². The Hall–Kier alpha value is 1.31. The van der Waals surface area contributed by atoms with Gasteiger partial charge in [-0.2, -0.15) is 0 Å². The summed E-state index contributed by atoms with van der Waals surface area (Å²) < 4.78 is 6.01. The van der Waals surface area contributed by atoms with Gasteiger partial charge in [-0.3, -0.25) is 0 Å². The molecule has 0 unspecified atom stereocenters. The van der Waals surface area contributed by atoms with Crippen LogP contribution >= 0.6 is 0 Å². The SMILES string of the molecule is C[Si](C)(C)N([Se]N([Si](C)(C)C)[Si](C)(C)C)[Si](C)(C)C.